The fourth-order valence-corrected chi connectivity index (χ4v) is 4.01. The van der Waals surface area contributed by atoms with Gasteiger partial charge in [-0.1, -0.05) is 19.8 Å². The number of carboxylic acids is 1. The standard InChI is InChI=1S/C17H32N2O2/c1-12(2)18-17(16(20)21,14-8-9-14)11-19(4)15-7-5-6-13(3)10-15/h12-15,18H,5-11H2,1-4H3,(H,20,21). The molecule has 0 aromatic heterocycles. The van der Waals surface area contributed by atoms with Crippen molar-refractivity contribution in [2.24, 2.45) is 11.8 Å². The lowest BCUT2D eigenvalue weighted by Crippen LogP contribution is -2.63. The van der Waals surface area contributed by atoms with Crippen molar-refractivity contribution in [1.82, 2.24) is 10.2 Å². The van der Waals surface area contributed by atoms with Crippen molar-refractivity contribution in [2.75, 3.05) is 13.6 Å². The summed E-state index contributed by atoms with van der Waals surface area (Å²) in [5.74, 6) is 0.389. The number of carbonyl (C=O) groups is 1. The third-order valence-corrected chi connectivity index (χ3v) is 5.23. The summed E-state index contributed by atoms with van der Waals surface area (Å²) in [4.78, 5) is 14.3. The molecule has 21 heavy (non-hydrogen) atoms. The van der Waals surface area contributed by atoms with Gasteiger partial charge in [-0.3, -0.25) is 10.1 Å². The molecule has 3 unspecified atom stereocenters. The number of nitrogens with one attached hydrogen (secondary N) is 1. The highest BCUT2D eigenvalue weighted by molar-refractivity contribution is 5.80. The van der Waals surface area contributed by atoms with Crippen LogP contribution in [0.25, 0.3) is 0 Å². The van der Waals surface area contributed by atoms with E-state index in [9.17, 15) is 9.90 Å². The molecular weight excluding hydrogens is 264 g/mol. The van der Waals surface area contributed by atoms with Crippen LogP contribution >= 0.6 is 0 Å². The molecule has 0 aliphatic heterocycles. The lowest BCUT2D eigenvalue weighted by atomic mass is 9.84. The Morgan fingerprint density at radius 1 is 1.33 bits per heavy atom. The van der Waals surface area contributed by atoms with Crippen molar-refractivity contribution >= 4 is 5.97 Å². The van der Waals surface area contributed by atoms with Gasteiger partial charge < -0.3 is 10.0 Å². The number of hydrogen-bond acceptors (Lipinski definition) is 3. The molecule has 2 saturated carbocycles. The molecule has 4 heteroatoms. The van der Waals surface area contributed by atoms with E-state index in [1.807, 2.05) is 13.8 Å². The van der Waals surface area contributed by atoms with Crippen LogP contribution < -0.4 is 5.32 Å². The Bertz CT molecular complexity index is 368. The maximum absolute atomic E-state index is 12.0. The van der Waals surface area contributed by atoms with Crippen LogP contribution in [0.2, 0.25) is 0 Å². The summed E-state index contributed by atoms with van der Waals surface area (Å²) in [7, 11) is 2.12. The maximum Gasteiger partial charge on any atom is 0.325 e. The second kappa shape index (κ2) is 6.66. The van der Waals surface area contributed by atoms with Gasteiger partial charge in [-0.2, -0.15) is 0 Å². The summed E-state index contributed by atoms with van der Waals surface area (Å²) >= 11 is 0. The molecule has 0 radical (unpaired) electrons. The number of hydrogen-bond donors (Lipinski definition) is 2. The molecule has 0 heterocycles. The van der Waals surface area contributed by atoms with E-state index in [0.717, 1.165) is 18.8 Å². The zero-order valence-electron chi connectivity index (χ0n) is 14.1. The molecule has 3 atom stereocenters. The van der Waals surface area contributed by atoms with Gasteiger partial charge in [0, 0.05) is 18.6 Å². The Balaban J connectivity index is 2.08. The summed E-state index contributed by atoms with van der Waals surface area (Å²) in [6.07, 6.45) is 7.10. The smallest absolute Gasteiger partial charge is 0.325 e. The van der Waals surface area contributed by atoms with Crippen molar-refractivity contribution in [1.29, 1.82) is 0 Å². The monoisotopic (exact) mass is 296 g/mol. The topological polar surface area (TPSA) is 52.6 Å². The highest BCUT2D eigenvalue weighted by Gasteiger charge is 2.52. The van der Waals surface area contributed by atoms with E-state index in [1.54, 1.807) is 0 Å². The summed E-state index contributed by atoms with van der Waals surface area (Å²) < 4.78 is 0. The Morgan fingerprint density at radius 3 is 2.48 bits per heavy atom. The molecule has 2 aliphatic carbocycles. The van der Waals surface area contributed by atoms with Crippen LogP contribution in [0.1, 0.15) is 59.3 Å². The van der Waals surface area contributed by atoms with Crippen molar-refractivity contribution < 1.29 is 9.90 Å². The highest BCUT2D eigenvalue weighted by atomic mass is 16.4. The van der Waals surface area contributed by atoms with Crippen LogP contribution in [0, 0.1) is 11.8 Å². The Labute approximate surface area is 129 Å². The van der Waals surface area contributed by atoms with Crippen LogP contribution in [-0.4, -0.2) is 47.2 Å². The minimum atomic E-state index is -0.760. The van der Waals surface area contributed by atoms with Gasteiger partial charge in [0.1, 0.15) is 5.54 Å². The second-order valence-electron chi connectivity index (χ2n) is 7.69. The van der Waals surface area contributed by atoms with Gasteiger partial charge in [0.25, 0.3) is 0 Å². The van der Waals surface area contributed by atoms with Gasteiger partial charge in [-0.05, 0) is 58.4 Å². The molecule has 2 aliphatic rings. The van der Waals surface area contributed by atoms with Gasteiger partial charge in [0.15, 0.2) is 0 Å². The van der Waals surface area contributed by atoms with Gasteiger partial charge in [-0.25, -0.2) is 0 Å². The van der Waals surface area contributed by atoms with Gasteiger partial charge in [-0.15, -0.1) is 0 Å². The lowest BCUT2D eigenvalue weighted by Gasteiger charge is -2.41. The SMILES string of the molecule is CC1CCCC(N(C)CC(NC(C)C)(C(=O)O)C2CC2)C1. The first-order valence-corrected chi connectivity index (χ1v) is 8.56. The molecule has 0 aromatic carbocycles. The predicted molar refractivity (Wildman–Crippen MR) is 85.4 cm³/mol. The molecule has 4 nitrogen and oxygen atoms in total. The minimum Gasteiger partial charge on any atom is -0.480 e. The van der Waals surface area contributed by atoms with Crippen LogP contribution in [0.5, 0.6) is 0 Å². The van der Waals surface area contributed by atoms with Crippen molar-refractivity contribution in [3.05, 3.63) is 0 Å². The number of nitrogens with zero attached hydrogens (tertiary/aromatic N) is 1. The zero-order valence-corrected chi connectivity index (χ0v) is 14.1. The first-order chi connectivity index (χ1) is 9.85. The maximum atomic E-state index is 12.0. The number of carboxylic acid groups (broad SMARTS) is 1. The molecule has 0 aromatic rings. The van der Waals surface area contributed by atoms with Gasteiger partial charge in [0.05, 0.1) is 0 Å². The van der Waals surface area contributed by atoms with Crippen molar-refractivity contribution in [3.63, 3.8) is 0 Å². The Kier molecular flexibility index (Phi) is 5.31. The second-order valence-corrected chi connectivity index (χ2v) is 7.69. The van der Waals surface area contributed by atoms with Gasteiger partial charge >= 0.3 is 5.97 Å². The van der Waals surface area contributed by atoms with Crippen LogP contribution in [0.3, 0.4) is 0 Å². The van der Waals surface area contributed by atoms with E-state index >= 15 is 0 Å². The summed E-state index contributed by atoms with van der Waals surface area (Å²) in [6, 6.07) is 0.737. The van der Waals surface area contributed by atoms with Crippen LogP contribution in [-0.2, 0) is 4.79 Å². The lowest BCUT2D eigenvalue weighted by molar-refractivity contribution is -0.147. The third kappa shape index (κ3) is 3.98. The zero-order chi connectivity index (χ0) is 15.6. The summed E-state index contributed by atoms with van der Waals surface area (Å²) in [6.45, 7) is 7.03. The first kappa shape index (κ1) is 16.8. The van der Waals surface area contributed by atoms with Crippen molar-refractivity contribution in [2.45, 2.75) is 76.9 Å². The molecule has 2 N–H and O–H groups in total. The number of aliphatic carboxylic acids is 1. The predicted octanol–water partition coefficient (Wildman–Crippen LogP) is 2.73. The molecule has 122 valence electrons. The fourth-order valence-electron chi connectivity index (χ4n) is 4.01. The van der Waals surface area contributed by atoms with E-state index in [-0.39, 0.29) is 6.04 Å². The average molecular weight is 296 g/mol. The van der Waals surface area contributed by atoms with Crippen LogP contribution in [0.15, 0.2) is 0 Å². The quantitative estimate of drug-likeness (QED) is 0.758. The summed E-state index contributed by atoms with van der Waals surface area (Å²) in [5.41, 5.74) is -0.760. The van der Waals surface area contributed by atoms with Crippen molar-refractivity contribution in [3.8, 4) is 0 Å². The minimum absolute atomic E-state index is 0.195. The number of rotatable bonds is 7. The molecule has 2 rings (SSSR count). The van der Waals surface area contributed by atoms with Crippen LogP contribution in [0.4, 0.5) is 0 Å². The molecular formula is C17H32N2O2. The summed E-state index contributed by atoms with van der Waals surface area (Å²) in [5, 5.41) is 13.3. The molecule has 0 saturated heterocycles. The Morgan fingerprint density at radius 2 is 2.00 bits per heavy atom. The third-order valence-electron chi connectivity index (χ3n) is 5.23. The fraction of sp³-hybridized carbons (Fsp3) is 0.941. The number of likely N-dealkylation sites (N-methyl/N-ethyl adjacent to an activating group) is 1. The van der Waals surface area contributed by atoms with E-state index in [4.69, 9.17) is 0 Å². The molecule has 0 spiro atoms. The first-order valence-electron chi connectivity index (χ1n) is 8.56. The normalized spacial score (nSPS) is 29.6. The molecule has 0 bridgehead atoms. The van der Waals surface area contributed by atoms with E-state index < -0.39 is 11.5 Å². The van der Waals surface area contributed by atoms with Gasteiger partial charge in [0.2, 0.25) is 0 Å². The largest absolute Gasteiger partial charge is 0.480 e. The highest BCUT2D eigenvalue weighted by Crippen LogP contribution is 2.41. The average Bonchev–Trinajstić information content (AvgIpc) is 3.21. The van der Waals surface area contributed by atoms with E-state index in [2.05, 4.69) is 24.2 Å². The Hall–Kier alpha value is -0.610. The molecule has 2 fully saturated rings. The van der Waals surface area contributed by atoms with E-state index in [1.165, 1.54) is 25.7 Å². The molecule has 0 amide bonds. The van der Waals surface area contributed by atoms with E-state index in [0.29, 0.717) is 18.5 Å².